The van der Waals surface area contributed by atoms with E-state index in [4.69, 9.17) is 28.3 Å². The Morgan fingerprint density at radius 3 is 2.63 bits per heavy atom. The van der Waals surface area contributed by atoms with Gasteiger partial charge in [-0.25, -0.2) is 13.1 Å². The molecule has 0 aliphatic rings. The van der Waals surface area contributed by atoms with Gasteiger partial charge in [-0.15, -0.1) is 11.3 Å². The van der Waals surface area contributed by atoms with E-state index in [-0.39, 0.29) is 21.7 Å². The van der Waals surface area contributed by atoms with Gasteiger partial charge in [-0.1, -0.05) is 23.2 Å². The van der Waals surface area contributed by atoms with Crippen molar-refractivity contribution in [1.82, 2.24) is 4.72 Å². The molecule has 1 aromatic rings. The summed E-state index contributed by atoms with van der Waals surface area (Å²) in [7, 11) is -3.72. The molecule has 1 rings (SSSR count). The number of carbonyl (C=O) groups is 1. The molecule has 0 saturated carbocycles. The van der Waals surface area contributed by atoms with Crippen LogP contribution in [0.4, 0.5) is 0 Å². The van der Waals surface area contributed by atoms with Crippen molar-refractivity contribution in [1.29, 1.82) is 0 Å². The van der Waals surface area contributed by atoms with E-state index in [1.54, 1.807) is 6.92 Å². The molecule has 1 atom stereocenters. The quantitative estimate of drug-likeness (QED) is 0.795. The first-order chi connectivity index (χ1) is 8.72. The number of hydrogen-bond acceptors (Lipinski definition) is 4. The number of carboxylic acid groups (broad SMARTS) is 1. The Morgan fingerprint density at radius 2 is 2.16 bits per heavy atom. The smallest absolute Gasteiger partial charge is 0.303 e. The number of hydrogen-bond donors (Lipinski definition) is 2. The molecule has 1 unspecified atom stereocenters. The zero-order chi connectivity index (χ0) is 14.6. The molecule has 0 aromatic carbocycles. The lowest BCUT2D eigenvalue weighted by Crippen LogP contribution is -2.32. The normalized spacial score (nSPS) is 13.4. The van der Waals surface area contributed by atoms with Gasteiger partial charge < -0.3 is 5.11 Å². The van der Waals surface area contributed by atoms with Gasteiger partial charge in [-0.05, 0) is 25.8 Å². The number of carboxylic acids is 1. The second-order valence-electron chi connectivity index (χ2n) is 4.00. The summed E-state index contributed by atoms with van der Waals surface area (Å²) in [5.74, 6) is -0.900. The molecule has 0 amide bonds. The molecule has 0 bridgehead atoms. The van der Waals surface area contributed by atoms with E-state index in [0.717, 1.165) is 11.3 Å². The number of thiophene rings is 1. The first-order valence-electron chi connectivity index (χ1n) is 5.41. The van der Waals surface area contributed by atoms with Gasteiger partial charge >= 0.3 is 5.97 Å². The van der Waals surface area contributed by atoms with Gasteiger partial charge in [0.2, 0.25) is 10.0 Å². The highest BCUT2D eigenvalue weighted by Gasteiger charge is 2.22. The van der Waals surface area contributed by atoms with Crippen molar-refractivity contribution in [3.8, 4) is 0 Å². The molecular weight excluding hydrogens is 333 g/mol. The van der Waals surface area contributed by atoms with Crippen LogP contribution >= 0.6 is 34.5 Å². The maximum Gasteiger partial charge on any atom is 0.303 e. The summed E-state index contributed by atoms with van der Waals surface area (Å²) in [6.45, 7) is 1.67. The fraction of sp³-hybridized carbons (Fsp3) is 0.500. The van der Waals surface area contributed by atoms with Gasteiger partial charge in [0.25, 0.3) is 0 Å². The average Bonchev–Trinajstić information content (AvgIpc) is 2.57. The van der Waals surface area contributed by atoms with Gasteiger partial charge in [0.1, 0.15) is 9.23 Å². The van der Waals surface area contributed by atoms with Crippen molar-refractivity contribution in [3.05, 3.63) is 14.7 Å². The summed E-state index contributed by atoms with van der Waals surface area (Å²) in [6, 6.07) is 0.917. The van der Waals surface area contributed by atoms with E-state index in [2.05, 4.69) is 4.72 Å². The van der Waals surface area contributed by atoms with Crippen LogP contribution in [-0.2, 0) is 14.8 Å². The Bertz CT molecular complexity index is 556. The third kappa shape index (κ3) is 5.27. The van der Waals surface area contributed by atoms with Crippen LogP contribution in [0.5, 0.6) is 0 Å². The molecule has 0 aliphatic carbocycles. The zero-order valence-corrected chi connectivity index (χ0v) is 13.2. The first kappa shape index (κ1) is 16.7. The van der Waals surface area contributed by atoms with Gasteiger partial charge in [-0.3, -0.25) is 4.79 Å². The molecule has 0 radical (unpaired) electrons. The standard InChI is InChI=1S/C10H13Cl2NO4S2/c1-6(3-2-4-9(14)15)13-19(16,17)7-5-8(11)18-10(7)12/h5-6,13H,2-4H2,1H3,(H,14,15). The highest BCUT2D eigenvalue weighted by atomic mass is 35.5. The number of nitrogens with one attached hydrogen (secondary N) is 1. The van der Waals surface area contributed by atoms with Crippen LogP contribution in [0.2, 0.25) is 8.67 Å². The van der Waals surface area contributed by atoms with E-state index in [1.807, 2.05) is 0 Å². The number of aliphatic carboxylic acids is 1. The second-order valence-corrected chi connectivity index (χ2v) is 7.96. The molecule has 0 spiro atoms. The third-order valence-corrected chi connectivity index (χ3v) is 5.64. The van der Waals surface area contributed by atoms with Crippen LogP contribution in [-0.4, -0.2) is 25.5 Å². The van der Waals surface area contributed by atoms with Crippen molar-refractivity contribution in [2.45, 2.75) is 37.1 Å². The van der Waals surface area contributed by atoms with Gasteiger partial charge in [-0.2, -0.15) is 0 Å². The lowest BCUT2D eigenvalue weighted by Gasteiger charge is -2.13. The van der Waals surface area contributed by atoms with Crippen LogP contribution in [0, 0.1) is 0 Å². The molecule has 0 fully saturated rings. The average molecular weight is 346 g/mol. The molecule has 19 heavy (non-hydrogen) atoms. The third-order valence-electron chi connectivity index (χ3n) is 2.30. The molecule has 2 N–H and O–H groups in total. The van der Waals surface area contributed by atoms with Crippen molar-refractivity contribution in [2.24, 2.45) is 0 Å². The van der Waals surface area contributed by atoms with Crippen molar-refractivity contribution >= 4 is 50.5 Å². The van der Waals surface area contributed by atoms with Crippen LogP contribution in [0.25, 0.3) is 0 Å². The van der Waals surface area contributed by atoms with Crippen molar-refractivity contribution < 1.29 is 18.3 Å². The topological polar surface area (TPSA) is 83.5 Å². The molecule has 9 heteroatoms. The SMILES string of the molecule is CC(CCCC(=O)O)NS(=O)(=O)c1cc(Cl)sc1Cl. The molecule has 108 valence electrons. The minimum Gasteiger partial charge on any atom is -0.481 e. The Labute approximate surface area is 125 Å². The highest BCUT2D eigenvalue weighted by molar-refractivity contribution is 7.89. The maximum absolute atomic E-state index is 12.0. The first-order valence-corrected chi connectivity index (χ1v) is 8.47. The van der Waals surface area contributed by atoms with E-state index in [9.17, 15) is 13.2 Å². The highest BCUT2D eigenvalue weighted by Crippen LogP contribution is 2.34. The zero-order valence-electron chi connectivity index (χ0n) is 10.0. The predicted octanol–water partition coefficient (Wildman–Crippen LogP) is 2.98. The molecule has 0 saturated heterocycles. The molecule has 1 aromatic heterocycles. The van der Waals surface area contributed by atoms with E-state index in [1.165, 1.54) is 6.07 Å². The fourth-order valence-corrected chi connectivity index (χ4v) is 4.88. The van der Waals surface area contributed by atoms with E-state index < -0.39 is 16.0 Å². The Kier molecular flexibility index (Phi) is 6.07. The summed E-state index contributed by atoms with van der Waals surface area (Å²) < 4.78 is 26.9. The molecule has 1 heterocycles. The summed E-state index contributed by atoms with van der Waals surface area (Å²) in [6.07, 6.45) is 0.843. The van der Waals surface area contributed by atoms with E-state index in [0.29, 0.717) is 17.2 Å². The van der Waals surface area contributed by atoms with Crippen LogP contribution in [0.3, 0.4) is 0 Å². The van der Waals surface area contributed by atoms with Crippen LogP contribution < -0.4 is 4.72 Å². The Hall–Kier alpha value is -0.340. The largest absolute Gasteiger partial charge is 0.481 e. The Morgan fingerprint density at radius 1 is 1.53 bits per heavy atom. The monoisotopic (exact) mass is 345 g/mol. The van der Waals surface area contributed by atoms with Crippen molar-refractivity contribution in [2.75, 3.05) is 0 Å². The molecule has 5 nitrogen and oxygen atoms in total. The maximum atomic E-state index is 12.0. The minimum absolute atomic E-state index is 0.0110. The molecular formula is C10H13Cl2NO4S2. The number of halogens is 2. The Balaban J connectivity index is 2.64. The predicted molar refractivity (Wildman–Crippen MR) is 75.6 cm³/mol. The number of sulfonamides is 1. The summed E-state index contributed by atoms with van der Waals surface area (Å²) >= 11 is 12.5. The van der Waals surface area contributed by atoms with Crippen molar-refractivity contribution in [3.63, 3.8) is 0 Å². The summed E-state index contributed by atoms with van der Waals surface area (Å²) in [5.41, 5.74) is 0. The number of rotatable bonds is 7. The fourth-order valence-electron chi connectivity index (χ4n) is 1.46. The summed E-state index contributed by atoms with van der Waals surface area (Å²) in [4.78, 5) is 10.3. The minimum atomic E-state index is -3.72. The van der Waals surface area contributed by atoms with Gasteiger partial charge in [0, 0.05) is 12.5 Å². The van der Waals surface area contributed by atoms with Crippen LogP contribution in [0.1, 0.15) is 26.2 Å². The summed E-state index contributed by atoms with van der Waals surface area (Å²) in [5, 5.41) is 8.51. The molecule has 0 aliphatic heterocycles. The van der Waals surface area contributed by atoms with Crippen LogP contribution in [0.15, 0.2) is 11.0 Å². The van der Waals surface area contributed by atoms with Gasteiger partial charge in [0.15, 0.2) is 0 Å². The lowest BCUT2D eigenvalue weighted by molar-refractivity contribution is -0.137. The van der Waals surface area contributed by atoms with E-state index >= 15 is 0 Å². The van der Waals surface area contributed by atoms with Gasteiger partial charge in [0.05, 0.1) is 4.34 Å². The lowest BCUT2D eigenvalue weighted by atomic mass is 10.1. The second kappa shape index (κ2) is 6.90.